The summed E-state index contributed by atoms with van der Waals surface area (Å²) in [4.78, 5) is 14.5. The van der Waals surface area contributed by atoms with Gasteiger partial charge >= 0.3 is 12.1 Å². The van der Waals surface area contributed by atoms with Crippen LogP contribution in [0.2, 0.25) is 0 Å². The molecule has 0 aromatic carbocycles. The van der Waals surface area contributed by atoms with E-state index in [2.05, 4.69) is 10.1 Å². The molecule has 1 N–H and O–H groups in total. The number of carboxylic acids is 1. The molecule has 102 valence electrons. The van der Waals surface area contributed by atoms with E-state index in [1.807, 2.05) is 0 Å². The monoisotopic (exact) mass is 273 g/mol. The number of fused-ring (bicyclic) bond motifs is 1. The van der Waals surface area contributed by atoms with E-state index in [1.54, 1.807) is 13.8 Å². The molecule has 0 unspecified atom stereocenters. The molecule has 2 aromatic heterocycles. The maximum atomic E-state index is 12.9. The summed E-state index contributed by atoms with van der Waals surface area (Å²) in [7, 11) is 0. The Labute approximate surface area is 105 Å². The van der Waals surface area contributed by atoms with E-state index in [-0.39, 0.29) is 5.92 Å². The second-order valence-corrected chi connectivity index (χ2v) is 4.29. The number of aromatic carboxylic acids is 1. The third-order valence-electron chi connectivity index (χ3n) is 2.63. The molecule has 0 spiro atoms. The molecule has 8 heteroatoms. The van der Waals surface area contributed by atoms with Gasteiger partial charge in [0.2, 0.25) is 0 Å². The van der Waals surface area contributed by atoms with Crippen LogP contribution in [-0.4, -0.2) is 25.7 Å². The van der Waals surface area contributed by atoms with Crippen LogP contribution in [0.3, 0.4) is 0 Å². The summed E-state index contributed by atoms with van der Waals surface area (Å²) in [5.74, 6) is -1.85. The average Bonchev–Trinajstić information content (AvgIpc) is 2.66. The first kappa shape index (κ1) is 13.3. The summed E-state index contributed by atoms with van der Waals surface area (Å²) < 4.78 is 39.8. The van der Waals surface area contributed by atoms with E-state index in [0.29, 0.717) is 5.69 Å². The second-order valence-electron chi connectivity index (χ2n) is 4.29. The van der Waals surface area contributed by atoms with E-state index in [0.717, 1.165) is 4.52 Å². The van der Waals surface area contributed by atoms with E-state index in [9.17, 15) is 18.0 Å². The molecular formula is C11H10F3N3O2. The molecular weight excluding hydrogens is 263 g/mol. The first-order chi connectivity index (χ1) is 8.73. The second kappa shape index (κ2) is 4.22. The average molecular weight is 273 g/mol. The predicted molar refractivity (Wildman–Crippen MR) is 59.0 cm³/mol. The lowest BCUT2D eigenvalue weighted by molar-refractivity contribution is -0.137. The van der Waals surface area contributed by atoms with Crippen LogP contribution in [0.15, 0.2) is 12.3 Å². The Bertz CT molecular complexity index is 646. The van der Waals surface area contributed by atoms with Crippen LogP contribution in [-0.2, 0) is 6.18 Å². The molecule has 5 nitrogen and oxygen atoms in total. The van der Waals surface area contributed by atoms with Crippen molar-refractivity contribution in [2.75, 3.05) is 0 Å². The van der Waals surface area contributed by atoms with Crippen molar-refractivity contribution in [3.05, 3.63) is 29.2 Å². The number of carbonyl (C=O) groups is 1. The highest BCUT2D eigenvalue weighted by Crippen LogP contribution is 2.35. The van der Waals surface area contributed by atoms with Gasteiger partial charge in [-0.25, -0.2) is 14.3 Å². The number of carboxylic acid groups (broad SMARTS) is 1. The van der Waals surface area contributed by atoms with Crippen molar-refractivity contribution in [3.8, 4) is 0 Å². The summed E-state index contributed by atoms with van der Waals surface area (Å²) >= 11 is 0. The van der Waals surface area contributed by atoms with Crippen molar-refractivity contribution >= 4 is 11.6 Å². The van der Waals surface area contributed by atoms with E-state index in [4.69, 9.17) is 5.11 Å². The Kier molecular flexibility index (Phi) is 2.95. The maximum absolute atomic E-state index is 12.9. The highest BCUT2D eigenvalue weighted by atomic mass is 19.4. The molecule has 0 fully saturated rings. The van der Waals surface area contributed by atoms with Crippen molar-refractivity contribution in [1.29, 1.82) is 0 Å². The fourth-order valence-corrected chi connectivity index (χ4v) is 1.81. The molecule has 0 radical (unpaired) electrons. The Balaban J connectivity index is 2.89. The Morgan fingerprint density at radius 2 is 2.05 bits per heavy atom. The lowest BCUT2D eigenvalue weighted by Gasteiger charge is -2.08. The number of rotatable bonds is 2. The Morgan fingerprint density at radius 3 is 2.53 bits per heavy atom. The SMILES string of the molecule is CC(C)c1ccnc2c(C(F)(F)F)c(C(=O)O)nn12. The summed E-state index contributed by atoms with van der Waals surface area (Å²) in [6.07, 6.45) is -3.61. The molecule has 2 rings (SSSR count). The summed E-state index contributed by atoms with van der Waals surface area (Å²) in [5, 5.41) is 12.4. The minimum atomic E-state index is -4.82. The van der Waals surface area contributed by atoms with E-state index >= 15 is 0 Å². The Morgan fingerprint density at radius 1 is 1.42 bits per heavy atom. The quantitative estimate of drug-likeness (QED) is 0.913. The van der Waals surface area contributed by atoms with Crippen LogP contribution >= 0.6 is 0 Å². The molecule has 19 heavy (non-hydrogen) atoms. The highest BCUT2D eigenvalue weighted by molar-refractivity contribution is 5.89. The third-order valence-corrected chi connectivity index (χ3v) is 2.63. The largest absolute Gasteiger partial charge is 0.476 e. The smallest absolute Gasteiger partial charge is 0.422 e. The maximum Gasteiger partial charge on any atom is 0.422 e. The molecule has 0 aliphatic heterocycles. The molecule has 0 saturated heterocycles. The number of hydrogen-bond acceptors (Lipinski definition) is 3. The van der Waals surface area contributed by atoms with Crippen LogP contribution in [0.25, 0.3) is 5.65 Å². The lowest BCUT2D eigenvalue weighted by Crippen LogP contribution is -2.11. The van der Waals surface area contributed by atoms with Crippen molar-refractivity contribution in [2.45, 2.75) is 25.9 Å². The fourth-order valence-electron chi connectivity index (χ4n) is 1.81. The number of aromatic nitrogens is 3. The van der Waals surface area contributed by atoms with Crippen LogP contribution in [0.1, 0.15) is 41.5 Å². The number of nitrogens with zero attached hydrogens (tertiary/aromatic N) is 3. The van der Waals surface area contributed by atoms with E-state index in [1.165, 1.54) is 12.3 Å². The van der Waals surface area contributed by atoms with E-state index < -0.39 is 29.1 Å². The van der Waals surface area contributed by atoms with Gasteiger partial charge in [-0.15, -0.1) is 0 Å². The van der Waals surface area contributed by atoms with Gasteiger partial charge < -0.3 is 5.11 Å². The molecule has 0 amide bonds. The van der Waals surface area contributed by atoms with Gasteiger partial charge in [-0.1, -0.05) is 13.8 Å². The van der Waals surface area contributed by atoms with Crippen LogP contribution < -0.4 is 0 Å². The zero-order valence-corrected chi connectivity index (χ0v) is 10.1. The van der Waals surface area contributed by atoms with Crippen molar-refractivity contribution in [2.24, 2.45) is 0 Å². The van der Waals surface area contributed by atoms with Crippen LogP contribution in [0, 0.1) is 0 Å². The summed E-state index contributed by atoms with van der Waals surface area (Å²) in [6, 6.07) is 1.51. The summed E-state index contributed by atoms with van der Waals surface area (Å²) in [6.45, 7) is 3.54. The molecule has 0 saturated carbocycles. The van der Waals surface area contributed by atoms with Crippen molar-refractivity contribution in [3.63, 3.8) is 0 Å². The molecule has 0 aliphatic rings. The van der Waals surface area contributed by atoms with Crippen LogP contribution in [0.5, 0.6) is 0 Å². The lowest BCUT2D eigenvalue weighted by atomic mass is 10.1. The molecule has 2 aromatic rings. The fraction of sp³-hybridized carbons (Fsp3) is 0.364. The minimum Gasteiger partial charge on any atom is -0.476 e. The van der Waals surface area contributed by atoms with Gasteiger partial charge in [-0.05, 0) is 12.0 Å². The minimum absolute atomic E-state index is 0.117. The zero-order valence-electron chi connectivity index (χ0n) is 10.1. The predicted octanol–water partition coefficient (Wildman–Crippen LogP) is 2.57. The number of alkyl halides is 3. The van der Waals surface area contributed by atoms with Gasteiger partial charge in [0.05, 0.1) is 0 Å². The molecule has 2 heterocycles. The van der Waals surface area contributed by atoms with Gasteiger partial charge in [-0.2, -0.15) is 18.3 Å². The molecule has 0 aliphatic carbocycles. The van der Waals surface area contributed by atoms with Gasteiger partial charge in [-0.3, -0.25) is 0 Å². The van der Waals surface area contributed by atoms with Crippen LogP contribution in [0.4, 0.5) is 13.2 Å². The molecule has 0 bridgehead atoms. The standard InChI is InChI=1S/C11H10F3N3O2/c1-5(2)6-3-4-15-9-7(11(12,13)14)8(10(18)19)16-17(6)9/h3-5H,1-2H3,(H,18,19). The third kappa shape index (κ3) is 2.13. The summed E-state index contributed by atoms with van der Waals surface area (Å²) in [5.41, 5.74) is -2.38. The first-order valence-corrected chi connectivity index (χ1v) is 5.41. The van der Waals surface area contributed by atoms with Gasteiger partial charge in [0.1, 0.15) is 5.56 Å². The zero-order chi connectivity index (χ0) is 14.4. The Hall–Kier alpha value is -2.12. The van der Waals surface area contributed by atoms with Gasteiger partial charge in [0.25, 0.3) is 0 Å². The van der Waals surface area contributed by atoms with Gasteiger partial charge in [0.15, 0.2) is 11.3 Å². The van der Waals surface area contributed by atoms with Gasteiger partial charge in [0, 0.05) is 11.9 Å². The number of hydrogen-bond donors (Lipinski definition) is 1. The normalized spacial score (nSPS) is 12.3. The number of halogens is 3. The topological polar surface area (TPSA) is 67.5 Å². The van der Waals surface area contributed by atoms with Crippen molar-refractivity contribution < 1.29 is 23.1 Å². The molecule has 0 atom stereocenters. The highest BCUT2D eigenvalue weighted by Gasteiger charge is 2.41. The van der Waals surface area contributed by atoms with Crippen molar-refractivity contribution in [1.82, 2.24) is 14.6 Å². The first-order valence-electron chi connectivity index (χ1n) is 5.41.